The Hall–Kier alpha value is -1.62. The number of halogens is 2. The van der Waals surface area contributed by atoms with Gasteiger partial charge in [-0.25, -0.2) is 0 Å². The summed E-state index contributed by atoms with van der Waals surface area (Å²) < 4.78 is 34.2. The molecule has 106 valence electrons. The molecule has 0 amide bonds. The molecule has 0 aliphatic carbocycles. The monoisotopic (exact) mass is 271 g/mol. The molecule has 3 nitrogen and oxygen atoms in total. The van der Waals surface area contributed by atoms with E-state index in [9.17, 15) is 8.78 Å². The lowest BCUT2D eigenvalue weighted by Crippen LogP contribution is -2.15. The summed E-state index contributed by atoms with van der Waals surface area (Å²) in [4.78, 5) is 0. The molecule has 1 unspecified atom stereocenters. The van der Waals surface area contributed by atoms with Crippen molar-refractivity contribution in [3.05, 3.63) is 29.3 Å². The van der Waals surface area contributed by atoms with Crippen LogP contribution in [0, 0.1) is 0 Å². The van der Waals surface area contributed by atoms with Gasteiger partial charge in [0.2, 0.25) is 0 Å². The van der Waals surface area contributed by atoms with Crippen LogP contribution in [-0.2, 0) is 0 Å². The van der Waals surface area contributed by atoms with Crippen LogP contribution in [-0.4, -0.2) is 19.3 Å². The van der Waals surface area contributed by atoms with Gasteiger partial charge in [-0.15, -0.1) is 0 Å². The maximum Gasteiger partial charge on any atom is 0.387 e. The van der Waals surface area contributed by atoms with Crippen LogP contribution >= 0.6 is 0 Å². The molecule has 5 heteroatoms. The van der Waals surface area contributed by atoms with E-state index < -0.39 is 6.61 Å². The molecule has 0 aromatic heterocycles. The van der Waals surface area contributed by atoms with Crippen LogP contribution in [0.2, 0.25) is 0 Å². The zero-order valence-electron chi connectivity index (χ0n) is 11.3. The molecule has 0 radical (unpaired) electrons. The van der Waals surface area contributed by atoms with E-state index in [1.165, 1.54) is 6.07 Å². The van der Waals surface area contributed by atoms with Crippen LogP contribution in [0.15, 0.2) is 23.8 Å². The Kier molecular flexibility index (Phi) is 5.76. The maximum absolute atomic E-state index is 12.3. The predicted molar refractivity (Wildman–Crippen MR) is 71.5 cm³/mol. The van der Waals surface area contributed by atoms with Gasteiger partial charge in [0, 0.05) is 6.04 Å². The van der Waals surface area contributed by atoms with Crippen molar-refractivity contribution in [3.8, 4) is 11.5 Å². The molecule has 1 aromatic rings. The first kappa shape index (κ1) is 15.4. The second kappa shape index (κ2) is 7.09. The molecule has 19 heavy (non-hydrogen) atoms. The standard InChI is InChI=1S/C14H19F2NO2/c1-4-18-13-8-11(7-9(2)10(3)17)5-6-12(13)19-14(15)16/h5-8,10,14H,4,17H2,1-3H3/b9-7-. The van der Waals surface area contributed by atoms with Crippen LogP contribution in [0.1, 0.15) is 26.3 Å². The van der Waals surface area contributed by atoms with E-state index in [1.807, 2.05) is 19.9 Å². The van der Waals surface area contributed by atoms with Gasteiger partial charge < -0.3 is 15.2 Å². The fourth-order valence-electron chi connectivity index (χ4n) is 1.47. The average Bonchev–Trinajstić information content (AvgIpc) is 2.32. The van der Waals surface area contributed by atoms with Crippen LogP contribution in [0.25, 0.3) is 6.08 Å². The normalized spacial score (nSPS) is 13.5. The molecule has 0 aliphatic heterocycles. The van der Waals surface area contributed by atoms with E-state index in [4.69, 9.17) is 10.5 Å². The highest BCUT2D eigenvalue weighted by molar-refractivity contribution is 5.58. The Morgan fingerprint density at radius 2 is 2.05 bits per heavy atom. The van der Waals surface area contributed by atoms with Gasteiger partial charge in [0.15, 0.2) is 11.5 Å². The lowest BCUT2D eigenvalue weighted by Gasteiger charge is -2.12. The van der Waals surface area contributed by atoms with Gasteiger partial charge in [0.1, 0.15) is 0 Å². The Bertz CT molecular complexity index is 445. The van der Waals surface area contributed by atoms with Gasteiger partial charge in [-0.05, 0) is 38.5 Å². The molecule has 0 fully saturated rings. The summed E-state index contributed by atoms with van der Waals surface area (Å²) >= 11 is 0. The lowest BCUT2D eigenvalue weighted by atomic mass is 10.1. The van der Waals surface area contributed by atoms with Gasteiger partial charge in [0.25, 0.3) is 0 Å². The van der Waals surface area contributed by atoms with Crippen LogP contribution in [0.5, 0.6) is 11.5 Å². The molecule has 2 N–H and O–H groups in total. The minimum absolute atomic E-state index is 0.0347. The molecule has 0 bridgehead atoms. The van der Waals surface area contributed by atoms with Gasteiger partial charge in [0.05, 0.1) is 6.61 Å². The van der Waals surface area contributed by atoms with E-state index in [0.29, 0.717) is 12.4 Å². The Labute approximate surface area is 112 Å². The van der Waals surface area contributed by atoms with Crippen molar-refractivity contribution in [1.82, 2.24) is 0 Å². The number of ether oxygens (including phenoxy) is 2. The van der Waals surface area contributed by atoms with E-state index in [-0.39, 0.29) is 11.8 Å². The molecule has 0 saturated carbocycles. The number of hydrogen-bond acceptors (Lipinski definition) is 3. The summed E-state index contributed by atoms with van der Waals surface area (Å²) in [6.07, 6.45) is 1.89. The topological polar surface area (TPSA) is 44.5 Å². The van der Waals surface area contributed by atoms with Crippen molar-refractivity contribution < 1.29 is 18.3 Å². The first-order valence-electron chi connectivity index (χ1n) is 6.09. The molecule has 0 heterocycles. The Balaban J connectivity index is 3.05. The summed E-state index contributed by atoms with van der Waals surface area (Å²) in [5.74, 6) is 0.335. The molecule has 1 atom stereocenters. The molecule has 0 spiro atoms. The predicted octanol–water partition coefficient (Wildman–Crippen LogP) is 3.44. The van der Waals surface area contributed by atoms with Crippen molar-refractivity contribution in [2.45, 2.75) is 33.4 Å². The van der Waals surface area contributed by atoms with E-state index in [2.05, 4.69) is 4.74 Å². The number of hydrogen-bond donors (Lipinski definition) is 1. The van der Waals surface area contributed by atoms with E-state index in [1.54, 1.807) is 19.1 Å². The Morgan fingerprint density at radius 1 is 1.37 bits per heavy atom. The Morgan fingerprint density at radius 3 is 2.58 bits per heavy atom. The van der Waals surface area contributed by atoms with E-state index in [0.717, 1.165) is 11.1 Å². The molecule has 0 saturated heterocycles. The summed E-state index contributed by atoms with van der Waals surface area (Å²) in [5.41, 5.74) is 7.58. The van der Waals surface area contributed by atoms with Crippen LogP contribution in [0.3, 0.4) is 0 Å². The zero-order valence-corrected chi connectivity index (χ0v) is 11.3. The fraction of sp³-hybridized carbons (Fsp3) is 0.429. The van der Waals surface area contributed by atoms with Crippen molar-refractivity contribution in [3.63, 3.8) is 0 Å². The second-order valence-electron chi connectivity index (χ2n) is 4.19. The number of rotatable bonds is 6. The summed E-state index contributed by atoms with van der Waals surface area (Å²) in [6.45, 7) is 3.07. The largest absolute Gasteiger partial charge is 0.490 e. The van der Waals surface area contributed by atoms with Gasteiger partial charge in [-0.2, -0.15) is 8.78 Å². The second-order valence-corrected chi connectivity index (χ2v) is 4.19. The summed E-state index contributed by atoms with van der Waals surface area (Å²) in [6, 6.07) is 4.75. The van der Waals surface area contributed by atoms with Gasteiger partial charge in [-0.3, -0.25) is 0 Å². The van der Waals surface area contributed by atoms with Gasteiger partial charge >= 0.3 is 6.61 Å². The molecule has 0 aliphatic rings. The molecule has 1 aromatic carbocycles. The third-order valence-corrected chi connectivity index (χ3v) is 2.60. The fourth-order valence-corrected chi connectivity index (χ4v) is 1.47. The summed E-state index contributed by atoms with van der Waals surface area (Å²) in [5, 5.41) is 0. The first-order chi connectivity index (χ1) is 8.93. The molecular formula is C14H19F2NO2. The third-order valence-electron chi connectivity index (χ3n) is 2.60. The smallest absolute Gasteiger partial charge is 0.387 e. The van der Waals surface area contributed by atoms with Crippen molar-refractivity contribution in [2.24, 2.45) is 5.73 Å². The van der Waals surface area contributed by atoms with Crippen molar-refractivity contribution in [1.29, 1.82) is 0 Å². The minimum atomic E-state index is -2.87. The van der Waals surface area contributed by atoms with Crippen molar-refractivity contribution >= 4 is 6.08 Å². The van der Waals surface area contributed by atoms with Crippen LogP contribution < -0.4 is 15.2 Å². The van der Waals surface area contributed by atoms with Crippen LogP contribution in [0.4, 0.5) is 8.78 Å². The average molecular weight is 271 g/mol. The highest BCUT2D eigenvalue weighted by atomic mass is 19.3. The quantitative estimate of drug-likeness (QED) is 0.862. The summed E-state index contributed by atoms with van der Waals surface area (Å²) in [7, 11) is 0. The van der Waals surface area contributed by atoms with Crippen molar-refractivity contribution in [2.75, 3.05) is 6.61 Å². The number of nitrogens with two attached hydrogens (primary N) is 1. The maximum atomic E-state index is 12.3. The highest BCUT2D eigenvalue weighted by Crippen LogP contribution is 2.30. The molecule has 1 rings (SSSR count). The first-order valence-corrected chi connectivity index (χ1v) is 6.09. The van der Waals surface area contributed by atoms with Gasteiger partial charge in [-0.1, -0.05) is 17.7 Å². The third kappa shape index (κ3) is 4.87. The highest BCUT2D eigenvalue weighted by Gasteiger charge is 2.11. The number of benzene rings is 1. The van der Waals surface area contributed by atoms with E-state index >= 15 is 0 Å². The lowest BCUT2D eigenvalue weighted by molar-refractivity contribution is -0.0514. The zero-order chi connectivity index (χ0) is 14.4. The SMILES string of the molecule is CCOc1cc(/C=C(/C)C(C)N)ccc1OC(F)F. The number of alkyl halides is 2. The minimum Gasteiger partial charge on any atom is -0.490 e. The molecular weight excluding hydrogens is 252 g/mol.